The van der Waals surface area contributed by atoms with Crippen molar-refractivity contribution in [2.75, 3.05) is 6.26 Å². The van der Waals surface area contributed by atoms with Gasteiger partial charge in [-0.3, -0.25) is 0 Å². The van der Waals surface area contributed by atoms with Crippen LogP contribution in [0.15, 0.2) is 47.4 Å². The first-order valence-electron chi connectivity index (χ1n) is 8.57. The van der Waals surface area contributed by atoms with Crippen molar-refractivity contribution in [2.24, 2.45) is 5.41 Å². The van der Waals surface area contributed by atoms with Crippen LogP contribution in [0.4, 0.5) is 0 Å². The molecule has 2 aliphatic carbocycles. The van der Waals surface area contributed by atoms with Crippen LogP contribution >= 0.6 is 11.6 Å². The van der Waals surface area contributed by atoms with Crippen molar-refractivity contribution in [3.63, 3.8) is 0 Å². The average Bonchev–Trinajstić information content (AvgIpc) is 3.20. The Balaban J connectivity index is 1.79. The molecule has 130 valence electrons. The number of halogens is 1. The minimum Gasteiger partial charge on any atom is -0.224 e. The van der Waals surface area contributed by atoms with Gasteiger partial charge < -0.3 is 0 Å². The summed E-state index contributed by atoms with van der Waals surface area (Å²) in [5, 5.41) is 0.800. The number of benzene rings is 2. The number of aryl methyl sites for hydroxylation is 1. The first-order chi connectivity index (χ1) is 11.8. The van der Waals surface area contributed by atoms with Crippen molar-refractivity contribution in [1.29, 1.82) is 0 Å². The smallest absolute Gasteiger partial charge is 0.175 e. The first-order valence-corrected chi connectivity index (χ1v) is 10.8. The highest BCUT2D eigenvalue weighted by Crippen LogP contribution is 2.63. The van der Waals surface area contributed by atoms with Crippen LogP contribution in [0.5, 0.6) is 0 Å². The molecule has 0 radical (unpaired) electrons. The Kier molecular flexibility index (Phi) is 3.86. The van der Waals surface area contributed by atoms with Crippen LogP contribution in [0.1, 0.15) is 42.4 Å². The molecular weight excluding hydrogens is 352 g/mol. The van der Waals surface area contributed by atoms with Crippen LogP contribution in [-0.2, 0) is 9.84 Å². The maximum atomic E-state index is 11.7. The van der Waals surface area contributed by atoms with Crippen molar-refractivity contribution < 1.29 is 8.42 Å². The molecular formula is C21H21ClO2S. The molecule has 2 aromatic carbocycles. The Bertz CT molecular complexity index is 981. The minimum absolute atomic E-state index is 0.371. The molecule has 0 saturated heterocycles. The third kappa shape index (κ3) is 3.16. The lowest BCUT2D eigenvalue weighted by Crippen LogP contribution is -1.97. The molecule has 0 N–H and O–H groups in total. The summed E-state index contributed by atoms with van der Waals surface area (Å²) in [6, 6.07) is 13.6. The van der Waals surface area contributed by atoms with Crippen LogP contribution < -0.4 is 0 Å². The fourth-order valence-corrected chi connectivity index (χ4v) is 4.60. The Morgan fingerprint density at radius 3 is 2.00 bits per heavy atom. The molecule has 2 nitrogen and oxygen atoms in total. The second-order valence-electron chi connectivity index (χ2n) is 7.57. The molecule has 0 unspecified atom stereocenters. The van der Waals surface area contributed by atoms with E-state index < -0.39 is 9.84 Å². The highest BCUT2D eigenvalue weighted by atomic mass is 35.5. The molecule has 0 atom stereocenters. The monoisotopic (exact) mass is 372 g/mol. The van der Waals surface area contributed by atoms with Crippen molar-refractivity contribution in [2.45, 2.75) is 37.5 Å². The van der Waals surface area contributed by atoms with E-state index in [1.165, 1.54) is 35.8 Å². The van der Waals surface area contributed by atoms with Crippen LogP contribution in [0.3, 0.4) is 0 Å². The molecule has 25 heavy (non-hydrogen) atoms. The molecule has 1 spiro atoms. The zero-order valence-corrected chi connectivity index (χ0v) is 16.0. The van der Waals surface area contributed by atoms with Gasteiger partial charge in [-0.2, -0.15) is 0 Å². The molecule has 0 bridgehead atoms. The summed E-state index contributed by atoms with van der Waals surface area (Å²) in [5.74, 6) is 0. The van der Waals surface area contributed by atoms with Gasteiger partial charge in [0.25, 0.3) is 0 Å². The summed E-state index contributed by atoms with van der Waals surface area (Å²) in [5.41, 5.74) is 6.55. The van der Waals surface area contributed by atoms with E-state index in [0.717, 1.165) is 29.0 Å². The highest BCUT2D eigenvalue weighted by Gasteiger charge is 2.48. The summed E-state index contributed by atoms with van der Waals surface area (Å²) in [6.45, 7) is 2.02. The second kappa shape index (κ2) is 5.72. The fourth-order valence-electron chi connectivity index (χ4n) is 3.79. The van der Waals surface area contributed by atoms with Gasteiger partial charge in [0.1, 0.15) is 0 Å². The summed E-state index contributed by atoms with van der Waals surface area (Å²) >= 11 is 6.35. The lowest BCUT2D eigenvalue weighted by Gasteiger charge is -2.10. The minimum atomic E-state index is -3.16. The van der Waals surface area contributed by atoms with Crippen molar-refractivity contribution in [3.8, 4) is 0 Å². The number of allylic oxidation sites excluding steroid dienone is 2. The lowest BCUT2D eigenvalue weighted by atomic mass is 9.96. The van der Waals surface area contributed by atoms with E-state index in [4.69, 9.17) is 11.6 Å². The van der Waals surface area contributed by atoms with Crippen LogP contribution in [0.25, 0.3) is 11.1 Å². The molecule has 2 aliphatic rings. The Hall–Kier alpha value is -1.58. The maximum absolute atomic E-state index is 11.7. The molecule has 4 rings (SSSR count). The predicted octanol–water partition coefficient (Wildman–Crippen LogP) is 5.54. The van der Waals surface area contributed by atoms with E-state index >= 15 is 0 Å². The van der Waals surface area contributed by atoms with E-state index in [2.05, 4.69) is 18.2 Å². The van der Waals surface area contributed by atoms with E-state index in [-0.39, 0.29) is 0 Å². The molecule has 0 amide bonds. The van der Waals surface area contributed by atoms with Crippen molar-refractivity contribution in [3.05, 3.63) is 64.2 Å². The first kappa shape index (κ1) is 16.9. The summed E-state index contributed by atoms with van der Waals surface area (Å²) in [4.78, 5) is 0.371. The molecule has 4 heteroatoms. The van der Waals surface area contributed by atoms with Gasteiger partial charge in [0, 0.05) is 11.3 Å². The zero-order valence-electron chi connectivity index (χ0n) is 14.5. The van der Waals surface area contributed by atoms with Gasteiger partial charge in [-0.1, -0.05) is 35.9 Å². The predicted molar refractivity (Wildman–Crippen MR) is 103 cm³/mol. The van der Waals surface area contributed by atoms with Gasteiger partial charge in [0.2, 0.25) is 0 Å². The summed E-state index contributed by atoms with van der Waals surface area (Å²) in [6.07, 6.45) is 5.97. The molecule has 0 heterocycles. The van der Waals surface area contributed by atoms with Crippen molar-refractivity contribution in [1.82, 2.24) is 0 Å². The molecule has 1 fully saturated rings. The number of sulfone groups is 1. The van der Waals surface area contributed by atoms with Gasteiger partial charge in [0.05, 0.1) is 4.90 Å². The van der Waals surface area contributed by atoms with E-state index in [1.807, 2.05) is 19.1 Å². The molecule has 0 aliphatic heterocycles. The normalized spacial score (nSPS) is 18.8. The zero-order chi connectivity index (χ0) is 17.8. The van der Waals surface area contributed by atoms with Gasteiger partial charge in [-0.15, -0.1) is 0 Å². The lowest BCUT2D eigenvalue weighted by molar-refractivity contribution is 0.568. The molecule has 1 saturated carbocycles. The Morgan fingerprint density at radius 1 is 0.920 bits per heavy atom. The van der Waals surface area contributed by atoms with Gasteiger partial charge >= 0.3 is 0 Å². The topological polar surface area (TPSA) is 34.1 Å². The largest absolute Gasteiger partial charge is 0.224 e. The van der Waals surface area contributed by atoms with Gasteiger partial charge in [-0.25, -0.2) is 8.42 Å². The summed E-state index contributed by atoms with van der Waals surface area (Å²) in [7, 11) is -3.16. The molecule has 0 aromatic heterocycles. The number of hydrogen-bond acceptors (Lipinski definition) is 2. The highest BCUT2D eigenvalue weighted by molar-refractivity contribution is 7.90. The maximum Gasteiger partial charge on any atom is 0.175 e. The van der Waals surface area contributed by atoms with Crippen molar-refractivity contribution >= 4 is 32.6 Å². The average molecular weight is 373 g/mol. The number of rotatable bonds is 3. The Labute approximate surface area is 154 Å². The van der Waals surface area contributed by atoms with Crippen LogP contribution in [0.2, 0.25) is 5.02 Å². The third-order valence-corrected chi connectivity index (χ3v) is 7.11. The molecule has 2 aromatic rings. The second-order valence-corrected chi connectivity index (χ2v) is 9.99. The fraction of sp³-hybridized carbons (Fsp3) is 0.333. The quantitative estimate of drug-likeness (QED) is 0.709. The van der Waals surface area contributed by atoms with Crippen LogP contribution in [-0.4, -0.2) is 14.7 Å². The van der Waals surface area contributed by atoms with Crippen LogP contribution in [0, 0.1) is 12.3 Å². The van der Waals surface area contributed by atoms with Gasteiger partial charge in [0.15, 0.2) is 9.84 Å². The SMILES string of the molecule is Cc1ccc(C2=C(c3ccc(S(C)(=O)=O)cc3)CC3(CC3)C2)cc1Cl. The Morgan fingerprint density at radius 2 is 1.48 bits per heavy atom. The van der Waals surface area contributed by atoms with E-state index in [1.54, 1.807) is 12.1 Å². The standard InChI is InChI=1S/C21H21ClO2S/c1-14-3-4-16(11-20(14)22)19-13-21(9-10-21)12-18(19)15-5-7-17(8-6-15)25(2,23)24/h3-8,11H,9-10,12-13H2,1-2H3. The number of hydrogen-bond donors (Lipinski definition) is 0. The van der Waals surface area contributed by atoms with E-state index in [9.17, 15) is 8.42 Å². The van der Waals surface area contributed by atoms with E-state index in [0.29, 0.717) is 10.3 Å². The van der Waals surface area contributed by atoms with Gasteiger partial charge in [-0.05, 0) is 84.1 Å². The third-order valence-electron chi connectivity index (χ3n) is 5.58. The summed E-state index contributed by atoms with van der Waals surface area (Å²) < 4.78 is 23.4.